The van der Waals surface area contributed by atoms with Gasteiger partial charge in [0.25, 0.3) is 0 Å². The van der Waals surface area contributed by atoms with Gasteiger partial charge in [-0.05, 0) is 38.9 Å². The van der Waals surface area contributed by atoms with Gasteiger partial charge in [-0.1, -0.05) is 0 Å². The zero-order valence-corrected chi connectivity index (χ0v) is 12.3. The molecule has 1 saturated heterocycles. The number of hydrogen-bond acceptors (Lipinski definition) is 5. The minimum atomic E-state index is -2.90. The smallest absolute Gasteiger partial charge is 0.151 e. The van der Waals surface area contributed by atoms with E-state index in [-0.39, 0.29) is 23.6 Å². The third kappa shape index (κ3) is 3.58. The Bertz CT molecular complexity index is 522. The van der Waals surface area contributed by atoms with Crippen LogP contribution in [0.4, 0.5) is 0 Å². The largest absolute Gasteiger partial charge is 0.465 e. The zero-order valence-electron chi connectivity index (χ0n) is 11.5. The van der Waals surface area contributed by atoms with Gasteiger partial charge in [-0.25, -0.2) is 8.42 Å². The lowest BCUT2D eigenvalue weighted by molar-refractivity contribution is 0.165. The summed E-state index contributed by atoms with van der Waals surface area (Å²) in [7, 11) is -2.90. The standard InChI is InChI=1S/C13H22N2O3S/c1-10-4-5-12(18-10)13(11(2)14)15-6-3-8-19(16,17)9-7-15/h4-5,11,13H,3,6-9,14H2,1-2H3. The molecule has 0 spiro atoms. The number of nitrogens with zero attached hydrogens (tertiary/aromatic N) is 1. The van der Waals surface area contributed by atoms with E-state index in [9.17, 15) is 8.42 Å². The molecular weight excluding hydrogens is 264 g/mol. The summed E-state index contributed by atoms with van der Waals surface area (Å²) in [6.45, 7) is 5.09. The summed E-state index contributed by atoms with van der Waals surface area (Å²) in [4.78, 5) is 2.13. The normalized spacial score (nSPS) is 23.7. The Hall–Kier alpha value is -0.850. The number of aryl methyl sites for hydroxylation is 1. The Morgan fingerprint density at radius 2 is 2.05 bits per heavy atom. The Labute approximate surface area is 114 Å². The van der Waals surface area contributed by atoms with Crippen molar-refractivity contribution in [3.8, 4) is 0 Å². The molecule has 1 aliphatic rings. The van der Waals surface area contributed by atoms with Crippen molar-refractivity contribution in [1.29, 1.82) is 0 Å². The lowest BCUT2D eigenvalue weighted by Crippen LogP contribution is -2.40. The third-order valence-electron chi connectivity index (χ3n) is 3.53. The van der Waals surface area contributed by atoms with E-state index in [4.69, 9.17) is 10.2 Å². The maximum absolute atomic E-state index is 11.7. The fourth-order valence-electron chi connectivity index (χ4n) is 2.62. The highest BCUT2D eigenvalue weighted by Crippen LogP contribution is 2.26. The fourth-order valence-corrected chi connectivity index (χ4v) is 3.91. The van der Waals surface area contributed by atoms with Crippen LogP contribution in [0.2, 0.25) is 0 Å². The predicted molar refractivity (Wildman–Crippen MR) is 74.7 cm³/mol. The van der Waals surface area contributed by atoms with Crippen LogP contribution in [-0.2, 0) is 9.84 Å². The van der Waals surface area contributed by atoms with Gasteiger partial charge in [0.15, 0.2) is 9.84 Å². The molecule has 1 aliphatic heterocycles. The van der Waals surface area contributed by atoms with Crippen LogP contribution in [0.25, 0.3) is 0 Å². The number of furan rings is 1. The number of hydrogen-bond donors (Lipinski definition) is 1. The second-order valence-electron chi connectivity index (χ2n) is 5.29. The summed E-state index contributed by atoms with van der Waals surface area (Å²) < 4.78 is 29.0. The van der Waals surface area contributed by atoms with E-state index in [2.05, 4.69) is 4.90 Å². The molecule has 19 heavy (non-hydrogen) atoms. The van der Waals surface area contributed by atoms with Gasteiger partial charge < -0.3 is 10.2 Å². The van der Waals surface area contributed by atoms with Gasteiger partial charge in [-0.2, -0.15) is 0 Å². The molecule has 6 heteroatoms. The van der Waals surface area contributed by atoms with E-state index in [0.717, 1.165) is 18.1 Å². The molecule has 108 valence electrons. The molecule has 0 amide bonds. The van der Waals surface area contributed by atoms with Crippen LogP contribution >= 0.6 is 0 Å². The van der Waals surface area contributed by atoms with E-state index in [1.54, 1.807) is 0 Å². The molecule has 2 rings (SSSR count). The first-order valence-electron chi connectivity index (χ1n) is 6.65. The number of sulfone groups is 1. The molecule has 2 atom stereocenters. The Morgan fingerprint density at radius 3 is 2.63 bits per heavy atom. The summed E-state index contributed by atoms with van der Waals surface area (Å²) in [6.07, 6.45) is 0.658. The minimum absolute atomic E-state index is 0.0537. The number of nitrogens with two attached hydrogens (primary N) is 1. The highest BCUT2D eigenvalue weighted by Gasteiger charge is 2.30. The van der Waals surface area contributed by atoms with Crippen LogP contribution < -0.4 is 5.73 Å². The van der Waals surface area contributed by atoms with E-state index >= 15 is 0 Å². The summed E-state index contributed by atoms with van der Waals surface area (Å²) >= 11 is 0. The predicted octanol–water partition coefficient (Wildman–Crippen LogP) is 1.10. The molecular formula is C13H22N2O3S. The quantitative estimate of drug-likeness (QED) is 0.900. The van der Waals surface area contributed by atoms with Crippen molar-refractivity contribution in [3.05, 3.63) is 23.7 Å². The van der Waals surface area contributed by atoms with Gasteiger partial charge in [-0.3, -0.25) is 4.90 Å². The summed E-state index contributed by atoms with van der Waals surface area (Å²) in [5.41, 5.74) is 6.08. The van der Waals surface area contributed by atoms with Crippen molar-refractivity contribution < 1.29 is 12.8 Å². The van der Waals surface area contributed by atoms with Crippen molar-refractivity contribution >= 4 is 9.84 Å². The van der Waals surface area contributed by atoms with E-state index < -0.39 is 9.84 Å². The molecule has 5 nitrogen and oxygen atoms in total. The van der Waals surface area contributed by atoms with E-state index in [0.29, 0.717) is 13.0 Å². The second-order valence-corrected chi connectivity index (χ2v) is 7.60. The van der Waals surface area contributed by atoms with Crippen molar-refractivity contribution in [2.75, 3.05) is 24.6 Å². The molecule has 2 heterocycles. The highest BCUT2D eigenvalue weighted by atomic mass is 32.2. The topological polar surface area (TPSA) is 76.5 Å². The number of rotatable bonds is 3. The lowest BCUT2D eigenvalue weighted by atomic mass is 10.1. The average Bonchev–Trinajstić information content (AvgIpc) is 2.63. The summed E-state index contributed by atoms with van der Waals surface area (Å²) in [6, 6.07) is 3.69. The molecule has 1 fully saturated rings. The van der Waals surface area contributed by atoms with Crippen LogP contribution in [0, 0.1) is 6.92 Å². The lowest BCUT2D eigenvalue weighted by Gasteiger charge is -2.31. The van der Waals surface area contributed by atoms with Crippen LogP contribution in [-0.4, -0.2) is 44.0 Å². The SMILES string of the molecule is Cc1ccc(C(C(C)N)N2CCCS(=O)(=O)CC2)o1. The molecule has 0 aromatic carbocycles. The van der Waals surface area contributed by atoms with Gasteiger partial charge in [0.05, 0.1) is 17.5 Å². The van der Waals surface area contributed by atoms with Gasteiger partial charge in [0, 0.05) is 12.6 Å². The molecule has 2 N–H and O–H groups in total. The van der Waals surface area contributed by atoms with Gasteiger partial charge in [0.2, 0.25) is 0 Å². The first kappa shape index (κ1) is 14.6. The first-order valence-corrected chi connectivity index (χ1v) is 8.47. The van der Waals surface area contributed by atoms with Crippen LogP contribution in [0.5, 0.6) is 0 Å². The maximum atomic E-state index is 11.7. The van der Waals surface area contributed by atoms with Crippen LogP contribution in [0.15, 0.2) is 16.5 Å². The van der Waals surface area contributed by atoms with Crippen molar-refractivity contribution in [2.45, 2.75) is 32.4 Å². The molecule has 0 aliphatic carbocycles. The zero-order chi connectivity index (χ0) is 14.0. The van der Waals surface area contributed by atoms with Gasteiger partial charge in [-0.15, -0.1) is 0 Å². The molecule has 0 bridgehead atoms. The van der Waals surface area contributed by atoms with Crippen LogP contribution in [0.1, 0.15) is 30.9 Å². The average molecular weight is 286 g/mol. The third-order valence-corrected chi connectivity index (χ3v) is 5.25. The maximum Gasteiger partial charge on any atom is 0.151 e. The van der Waals surface area contributed by atoms with Crippen LogP contribution in [0.3, 0.4) is 0 Å². The van der Waals surface area contributed by atoms with Gasteiger partial charge in [0.1, 0.15) is 11.5 Å². The second kappa shape index (κ2) is 5.64. The monoisotopic (exact) mass is 286 g/mol. The molecule has 2 unspecified atom stereocenters. The Kier molecular flexibility index (Phi) is 4.32. The minimum Gasteiger partial charge on any atom is -0.465 e. The molecule has 0 saturated carbocycles. The summed E-state index contributed by atoms with van der Waals surface area (Å²) in [5, 5.41) is 0. The molecule has 0 radical (unpaired) electrons. The molecule has 1 aromatic rings. The first-order chi connectivity index (χ1) is 8.89. The van der Waals surface area contributed by atoms with Crippen molar-refractivity contribution in [2.24, 2.45) is 5.73 Å². The van der Waals surface area contributed by atoms with E-state index in [1.165, 1.54) is 0 Å². The fraction of sp³-hybridized carbons (Fsp3) is 0.692. The van der Waals surface area contributed by atoms with Crippen molar-refractivity contribution in [3.63, 3.8) is 0 Å². The van der Waals surface area contributed by atoms with E-state index in [1.807, 2.05) is 26.0 Å². The van der Waals surface area contributed by atoms with Crippen molar-refractivity contribution in [1.82, 2.24) is 4.90 Å². The van der Waals surface area contributed by atoms with Gasteiger partial charge >= 0.3 is 0 Å². The Balaban J connectivity index is 2.20. The summed E-state index contributed by atoms with van der Waals surface area (Å²) in [5.74, 6) is 2.15. The molecule has 1 aromatic heterocycles. The Morgan fingerprint density at radius 1 is 1.32 bits per heavy atom. The highest BCUT2D eigenvalue weighted by molar-refractivity contribution is 7.91.